The van der Waals surface area contributed by atoms with E-state index in [0.717, 1.165) is 4.47 Å². The number of aromatic nitrogens is 4. The first-order valence-corrected chi connectivity index (χ1v) is 9.94. The molecule has 164 valence electrons. The average molecular weight is 496 g/mol. The third kappa shape index (κ3) is 4.31. The normalized spacial score (nSPS) is 23.2. The Morgan fingerprint density at radius 1 is 1.29 bits per heavy atom. The van der Waals surface area contributed by atoms with Crippen molar-refractivity contribution in [3.8, 4) is 5.75 Å². The molecule has 31 heavy (non-hydrogen) atoms. The molecule has 4 unspecified atom stereocenters. The summed E-state index contributed by atoms with van der Waals surface area (Å²) in [5.74, 6) is -0.238. The van der Waals surface area contributed by atoms with E-state index in [1.165, 1.54) is 10.9 Å². The second-order valence-corrected chi connectivity index (χ2v) is 7.67. The zero-order valence-electron chi connectivity index (χ0n) is 15.8. The van der Waals surface area contributed by atoms with E-state index in [0.29, 0.717) is 5.75 Å². The Balaban J connectivity index is 1.53. The molecule has 1 amide bonds. The summed E-state index contributed by atoms with van der Waals surface area (Å²) in [5, 5.41) is 31.9. The Morgan fingerprint density at radius 3 is 2.71 bits per heavy atom. The molecule has 3 heterocycles. The van der Waals surface area contributed by atoms with E-state index in [1.807, 2.05) is 0 Å². The van der Waals surface area contributed by atoms with Gasteiger partial charge in [-0.1, -0.05) is 15.9 Å². The van der Waals surface area contributed by atoms with Crippen molar-refractivity contribution >= 4 is 38.9 Å². The van der Waals surface area contributed by atoms with Gasteiger partial charge in [0.15, 0.2) is 24.0 Å². The van der Waals surface area contributed by atoms with Gasteiger partial charge in [0.25, 0.3) is 11.5 Å². The topological polar surface area (TPSA) is 172 Å². The highest BCUT2D eigenvalue weighted by Gasteiger charge is 2.44. The summed E-state index contributed by atoms with van der Waals surface area (Å²) in [5.41, 5.74) is -0.663. The molecule has 1 saturated heterocycles. The highest BCUT2D eigenvalue weighted by Crippen LogP contribution is 2.30. The number of ether oxygens (including phenoxy) is 2. The predicted octanol–water partition coefficient (Wildman–Crippen LogP) is -0.489. The molecular weight excluding hydrogens is 478 g/mol. The second kappa shape index (κ2) is 8.72. The van der Waals surface area contributed by atoms with Crippen molar-refractivity contribution in [1.82, 2.24) is 19.5 Å². The minimum absolute atomic E-state index is 0.0164. The summed E-state index contributed by atoms with van der Waals surface area (Å²) in [4.78, 5) is 35.1. The lowest BCUT2D eigenvalue weighted by molar-refractivity contribution is -0.118. The van der Waals surface area contributed by atoms with Crippen molar-refractivity contribution in [3.05, 3.63) is 45.4 Å². The van der Waals surface area contributed by atoms with Crippen molar-refractivity contribution in [2.45, 2.75) is 24.5 Å². The number of hydrogen-bond donors (Lipinski definition) is 5. The van der Waals surface area contributed by atoms with Crippen LogP contribution in [0.2, 0.25) is 0 Å². The van der Waals surface area contributed by atoms with Crippen LogP contribution in [0, 0.1) is 0 Å². The van der Waals surface area contributed by atoms with Gasteiger partial charge in [-0.3, -0.25) is 24.5 Å². The average Bonchev–Trinajstić information content (AvgIpc) is 3.29. The molecule has 12 nitrogen and oxygen atoms in total. The fraction of sp³-hybridized carbons (Fsp3) is 0.333. The van der Waals surface area contributed by atoms with Crippen LogP contribution in [-0.2, 0) is 9.53 Å². The van der Waals surface area contributed by atoms with Crippen molar-refractivity contribution < 1.29 is 29.6 Å². The van der Waals surface area contributed by atoms with Crippen molar-refractivity contribution in [1.29, 1.82) is 0 Å². The predicted molar refractivity (Wildman–Crippen MR) is 109 cm³/mol. The van der Waals surface area contributed by atoms with E-state index in [4.69, 9.17) is 9.47 Å². The number of rotatable bonds is 6. The number of aliphatic hydroxyl groups is 3. The van der Waals surface area contributed by atoms with E-state index in [9.17, 15) is 24.9 Å². The quantitative estimate of drug-likeness (QED) is 0.302. The van der Waals surface area contributed by atoms with E-state index in [2.05, 4.69) is 36.2 Å². The van der Waals surface area contributed by atoms with E-state index in [1.54, 1.807) is 24.3 Å². The lowest BCUT2D eigenvalue weighted by Gasteiger charge is -2.16. The van der Waals surface area contributed by atoms with Gasteiger partial charge in [-0.15, -0.1) is 0 Å². The summed E-state index contributed by atoms with van der Waals surface area (Å²) in [6, 6.07) is 6.89. The number of hydrogen-bond acceptors (Lipinski definition) is 9. The Labute approximate surface area is 182 Å². The zero-order chi connectivity index (χ0) is 22.1. The molecule has 2 aromatic heterocycles. The van der Waals surface area contributed by atoms with Crippen LogP contribution in [0.25, 0.3) is 11.2 Å². The molecular formula is C18H18BrN5O7. The maximum Gasteiger partial charge on any atom is 0.280 e. The van der Waals surface area contributed by atoms with Gasteiger partial charge in [0.1, 0.15) is 24.1 Å². The number of amides is 1. The highest BCUT2D eigenvalue weighted by molar-refractivity contribution is 9.10. The first-order valence-electron chi connectivity index (χ1n) is 9.15. The van der Waals surface area contributed by atoms with E-state index < -0.39 is 42.6 Å². The Bertz CT molecular complexity index is 1150. The summed E-state index contributed by atoms with van der Waals surface area (Å²) >= 11 is 3.30. The molecule has 1 aliphatic rings. The number of imidazole rings is 1. The van der Waals surface area contributed by atoms with Gasteiger partial charge in [0.2, 0.25) is 5.95 Å². The number of nitrogens with zero attached hydrogens (tertiary/aromatic N) is 3. The largest absolute Gasteiger partial charge is 0.484 e. The Kier molecular flexibility index (Phi) is 6.02. The lowest BCUT2D eigenvalue weighted by atomic mass is 10.1. The fourth-order valence-corrected chi connectivity index (χ4v) is 3.39. The molecule has 1 aliphatic heterocycles. The van der Waals surface area contributed by atoms with Gasteiger partial charge in [-0.2, -0.15) is 4.98 Å². The van der Waals surface area contributed by atoms with Crippen LogP contribution in [0.1, 0.15) is 6.23 Å². The number of nitrogens with one attached hydrogen (secondary N) is 2. The van der Waals surface area contributed by atoms with Gasteiger partial charge in [-0.05, 0) is 24.3 Å². The fourth-order valence-electron chi connectivity index (χ4n) is 3.13. The first-order chi connectivity index (χ1) is 14.9. The molecule has 5 N–H and O–H groups in total. The van der Waals surface area contributed by atoms with Gasteiger partial charge in [0.05, 0.1) is 12.9 Å². The summed E-state index contributed by atoms with van der Waals surface area (Å²) in [6.07, 6.45) is -3.63. The molecule has 4 rings (SSSR count). The molecule has 0 bridgehead atoms. The van der Waals surface area contributed by atoms with Crippen molar-refractivity contribution in [2.24, 2.45) is 0 Å². The van der Waals surface area contributed by atoms with Crippen LogP contribution in [0.5, 0.6) is 5.75 Å². The van der Waals surface area contributed by atoms with Crippen LogP contribution in [0.15, 0.2) is 39.9 Å². The van der Waals surface area contributed by atoms with Gasteiger partial charge < -0.3 is 24.8 Å². The van der Waals surface area contributed by atoms with Crippen LogP contribution in [0.3, 0.4) is 0 Å². The maximum atomic E-state index is 12.3. The molecule has 13 heteroatoms. The first kappa shape index (κ1) is 21.4. The molecule has 4 atom stereocenters. The molecule has 0 radical (unpaired) electrons. The van der Waals surface area contributed by atoms with Gasteiger partial charge in [0, 0.05) is 4.47 Å². The number of halogens is 1. The maximum absolute atomic E-state index is 12.3. The number of carbonyl (C=O) groups excluding carboxylic acids is 1. The number of H-pyrrole nitrogens is 1. The van der Waals surface area contributed by atoms with Crippen molar-refractivity contribution in [3.63, 3.8) is 0 Å². The number of benzene rings is 1. The molecule has 1 fully saturated rings. The minimum Gasteiger partial charge on any atom is -0.484 e. The van der Waals surface area contributed by atoms with E-state index in [-0.39, 0.29) is 23.7 Å². The molecule has 0 spiro atoms. The van der Waals surface area contributed by atoms with E-state index >= 15 is 0 Å². The van der Waals surface area contributed by atoms with Gasteiger partial charge in [-0.25, -0.2) is 4.98 Å². The summed E-state index contributed by atoms with van der Waals surface area (Å²) in [7, 11) is 0. The molecule has 0 saturated carbocycles. The second-order valence-electron chi connectivity index (χ2n) is 6.76. The SMILES string of the molecule is O=C(COc1ccc(Br)cc1)Nc1nc2c(ncn2C2OC(CO)C(O)C2O)c(=O)[nH]1. The number of fused-ring (bicyclic) bond motifs is 1. The minimum atomic E-state index is -1.38. The van der Waals surface area contributed by atoms with Crippen LogP contribution < -0.4 is 15.6 Å². The number of aromatic amines is 1. The molecule has 1 aromatic carbocycles. The molecule has 0 aliphatic carbocycles. The third-order valence-electron chi connectivity index (χ3n) is 4.67. The number of carbonyl (C=O) groups is 1. The Morgan fingerprint density at radius 2 is 2.03 bits per heavy atom. The van der Waals surface area contributed by atoms with Crippen LogP contribution in [0.4, 0.5) is 5.95 Å². The van der Waals surface area contributed by atoms with Crippen LogP contribution in [-0.4, -0.2) is 72.3 Å². The zero-order valence-corrected chi connectivity index (χ0v) is 17.4. The van der Waals surface area contributed by atoms with Gasteiger partial charge >= 0.3 is 0 Å². The number of aliphatic hydroxyl groups excluding tert-OH is 3. The standard InChI is InChI=1S/C18H18BrN5O7/c19-8-1-3-9(4-2-8)30-6-11(26)21-18-22-15-12(16(29)23-18)20-7-24(15)17-14(28)13(27)10(5-25)31-17/h1-4,7,10,13-14,17,25,27-28H,5-6H2,(H2,21,22,23,26,29). The summed E-state index contributed by atoms with van der Waals surface area (Å²) < 4.78 is 13.0. The monoisotopic (exact) mass is 495 g/mol. The third-order valence-corrected chi connectivity index (χ3v) is 5.19. The van der Waals surface area contributed by atoms with Crippen molar-refractivity contribution in [2.75, 3.05) is 18.5 Å². The summed E-state index contributed by atoms with van der Waals surface area (Å²) in [6.45, 7) is -0.827. The smallest absolute Gasteiger partial charge is 0.280 e. The lowest BCUT2D eigenvalue weighted by Crippen LogP contribution is -2.33. The number of anilines is 1. The molecule has 3 aromatic rings. The Hall–Kier alpha value is -2.84. The van der Waals surface area contributed by atoms with Crippen LogP contribution >= 0.6 is 15.9 Å². The highest BCUT2D eigenvalue weighted by atomic mass is 79.9.